The maximum atomic E-state index is 14.2. The lowest BCUT2D eigenvalue weighted by atomic mass is 10.1. The first kappa shape index (κ1) is 20.6. The second-order valence-corrected chi connectivity index (χ2v) is 8.13. The fourth-order valence-corrected chi connectivity index (χ4v) is 4.14. The van der Waals surface area contributed by atoms with Crippen LogP contribution in [0.3, 0.4) is 0 Å². The molecular formula is C26H27FN2O3. The van der Waals surface area contributed by atoms with Gasteiger partial charge in [-0.3, -0.25) is 4.90 Å². The van der Waals surface area contributed by atoms with Gasteiger partial charge in [0.15, 0.2) is 23.1 Å². The van der Waals surface area contributed by atoms with Gasteiger partial charge in [0.1, 0.15) is 19.8 Å². The summed E-state index contributed by atoms with van der Waals surface area (Å²) in [6, 6.07) is 21.1. The number of halogens is 1. The fourth-order valence-electron chi connectivity index (χ4n) is 4.14. The summed E-state index contributed by atoms with van der Waals surface area (Å²) in [5, 5.41) is 0. The molecule has 0 aromatic heterocycles. The number of piperazine rings is 1. The van der Waals surface area contributed by atoms with Crippen LogP contribution in [0, 0.1) is 5.82 Å². The van der Waals surface area contributed by atoms with Crippen molar-refractivity contribution in [3.05, 3.63) is 83.7 Å². The van der Waals surface area contributed by atoms with Crippen LogP contribution in [0.1, 0.15) is 11.1 Å². The van der Waals surface area contributed by atoms with Gasteiger partial charge in [-0.05, 0) is 35.4 Å². The van der Waals surface area contributed by atoms with E-state index < -0.39 is 0 Å². The Kier molecular flexibility index (Phi) is 6.12. The van der Waals surface area contributed by atoms with E-state index in [1.54, 1.807) is 0 Å². The summed E-state index contributed by atoms with van der Waals surface area (Å²) < 4.78 is 31.3. The van der Waals surface area contributed by atoms with Gasteiger partial charge in [-0.2, -0.15) is 0 Å². The second-order valence-electron chi connectivity index (χ2n) is 8.13. The molecule has 0 radical (unpaired) electrons. The molecule has 0 bridgehead atoms. The van der Waals surface area contributed by atoms with Crippen LogP contribution in [-0.2, 0) is 13.2 Å². The third-order valence-corrected chi connectivity index (χ3v) is 5.90. The van der Waals surface area contributed by atoms with E-state index in [9.17, 15) is 4.39 Å². The fraction of sp³-hybridized carbons (Fsp3) is 0.308. The molecule has 0 spiro atoms. The third kappa shape index (κ3) is 4.81. The molecule has 0 unspecified atom stereocenters. The minimum Gasteiger partial charge on any atom is -0.486 e. The predicted octanol–water partition coefficient (Wildman–Crippen LogP) is 4.50. The van der Waals surface area contributed by atoms with Crippen molar-refractivity contribution >= 4 is 5.69 Å². The van der Waals surface area contributed by atoms with E-state index in [0.717, 1.165) is 61.0 Å². The molecule has 2 aliphatic heterocycles. The highest BCUT2D eigenvalue weighted by Crippen LogP contribution is 2.34. The molecule has 32 heavy (non-hydrogen) atoms. The first-order chi connectivity index (χ1) is 15.7. The quantitative estimate of drug-likeness (QED) is 0.572. The minimum atomic E-state index is -0.326. The number of hydrogen-bond acceptors (Lipinski definition) is 5. The molecule has 1 fully saturated rings. The molecule has 2 aliphatic rings. The Hall–Kier alpha value is -3.25. The smallest absolute Gasteiger partial charge is 0.165 e. The molecule has 0 amide bonds. The minimum absolute atomic E-state index is 0.307. The van der Waals surface area contributed by atoms with Crippen LogP contribution in [0.4, 0.5) is 10.1 Å². The highest BCUT2D eigenvalue weighted by molar-refractivity contribution is 5.57. The number of fused-ring (bicyclic) bond motifs is 1. The second kappa shape index (κ2) is 9.49. The van der Waals surface area contributed by atoms with Gasteiger partial charge in [0.05, 0.1) is 0 Å². The molecule has 0 N–H and O–H groups in total. The van der Waals surface area contributed by atoms with E-state index in [0.29, 0.717) is 25.6 Å². The molecule has 1 saturated heterocycles. The first-order valence-corrected chi connectivity index (χ1v) is 11.1. The molecule has 3 aromatic carbocycles. The van der Waals surface area contributed by atoms with Crippen LogP contribution in [-0.4, -0.2) is 44.3 Å². The maximum Gasteiger partial charge on any atom is 0.165 e. The lowest BCUT2D eigenvalue weighted by Gasteiger charge is -2.36. The number of hydrogen-bond donors (Lipinski definition) is 0. The highest BCUT2D eigenvalue weighted by atomic mass is 18.2. The summed E-state index contributed by atoms with van der Waals surface area (Å²) in [6.07, 6.45) is 0. The summed E-state index contributed by atoms with van der Waals surface area (Å²) in [5.74, 6) is 1.63. The van der Waals surface area contributed by atoms with E-state index in [4.69, 9.17) is 14.2 Å². The Morgan fingerprint density at radius 1 is 0.781 bits per heavy atom. The standard InChI is InChI=1S/C26H27FN2O3/c27-23-8-6-21(16-25(23)32-19-20-4-2-1-3-5-20)18-28-10-12-29(13-11-28)22-7-9-24-26(17-22)31-15-14-30-24/h1-9,16-17H,10-15,18-19H2/i27-1. The van der Waals surface area contributed by atoms with E-state index in [1.807, 2.05) is 48.5 Å². The van der Waals surface area contributed by atoms with Crippen molar-refractivity contribution in [3.63, 3.8) is 0 Å². The van der Waals surface area contributed by atoms with Gasteiger partial charge in [0.25, 0.3) is 0 Å². The van der Waals surface area contributed by atoms with Gasteiger partial charge >= 0.3 is 0 Å². The number of benzene rings is 3. The predicted molar refractivity (Wildman–Crippen MR) is 122 cm³/mol. The summed E-state index contributed by atoms with van der Waals surface area (Å²) in [4.78, 5) is 4.76. The van der Waals surface area contributed by atoms with Crippen molar-refractivity contribution in [3.8, 4) is 17.2 Å². The average molecular weight is 434 g/mol. The number of nitrogens with zero attached hydrogens (tertiary/aromatic N) is 2. The van der Waals surface area contributed by atoms with Crippen molar-refractivity contribution in [1.82, 2.24) is 4.90 Å². The lowest BCUT2D eigenvalue weighted by Crippen LogP contribution is -2.46. The monoisotopic (exact) mass is 433 g/mol. The molecule has 3 aromatic rings. The van der Waals surface area contributed by atoms with E-state index in [1.165, 1.54) is 6.07 Å². The van der Waals surface area contributed by atoms with E-state index in [-0.39, 0.29) is 5.82 Å². The third-order valence-electron chi connectivity index (χ3n) is 5.90. The maximum absolute atomic E-state index is 14.2. The Bertz CT molecular complexity index is 1050. The molecule has 0 atom stereocenters. The zero-order chi connectivity index (χ0) is 21.8. The van der Waals surface area contributed by atoms with Crippen molar-refractivity contribution in [2.75, 3.05) is 44.3 Å². The Balaban J connectivity index is 1.17. The molecule has 6 heteroatoms. The number of rotatable bonds is 6. The largest absolute Gasteiger partial charge is 0.486 e. The Morgan fingerprint density at radius 3 is 2.38 bits per heavy atom. The van der Waals surface area contributed by atoms with Gasteiger partial charge in [0.2, 0.25) is 0 Å². The van der Waals surface area contributed by atoms with Crippen LogP contribution in [0.2, 0.25) is 0 Å². The summed E-state index contributed by atoms with van der Waals surface area (Å²) in [5.41, 5.74) is 3.24. The van der Waals surface area contributed by atoms with Crippen molar-refractivity contribution in [2.45, 2.75) is 13.2 Å². The molecule has 0 aliphatic carbocycles. The summed E-state index contributed by atoms with van der Waals surface area (Å²) in [7, 11) is 0. The number of anilines is 1. The van der Waals surface area contributed by atoms with Crippen LogP contribution >= 0.6 is 0 Å². The summed E-state index contributed by atoms with van der Waals surface area (Å²) >= 11 is 0. The van der Waals surface area contributed by atoms with Gasteiger partial charge in [-0.25, -0.2) is 4.39 Å². The van der Waals surface area contributed by atoms with Gasteiger partial charge in [-0.1, -0.05) is 36.4 Å². The van der Waals surface area contributed by atoms with Crippen LogP contribution in [0.25, 0.3) is 0 Å². The van der Waals surface area contributed by atoms with E-state index >= 15 is 0 Å². The summed E-state index contributed by atoms with van der Waals surface area (Å²) in [6.45, 7) is 6.06. The topological polar surface area (TPSA) is 34.2 Å². The SMILES string of the molecule is [18F]c1ccc(CN2CCN(c3ccc4c(c3)OCCO4)CC2)cc1OCc1ccccc1. The molecule has 166 valence electrons. The zero-order valence-electron chi connectivity index (χ0n) is 18.0. The van der Waals surface area contributed by atoms with Gasteiger partial charge < -0.3 is 19.1 Å². The van der Waals surface area contributed by atoms with Gasteiger partial charge in [-0.15, -0.1) is 0 Å². The molecule has 5 nitrogen and oxygen atoms in total. The van der Waals surface area contributed by atoms with Crippen molar-refractivity contribution in [2.24, 2.45) is 0 Å². The van der Waals surface area contributed by atoms with Crippen molar-refractivity contribution < 1.29 is 18.6 Å². The number of ether oxygens (including phenoxy) is 3. The zero-order valence-corrected chi connectivity index (χ0v) is 18.0. The Labute approximate surface area is 187 Å². The molecule has 2 heterocycles. The van der Waals surface area contributed by atoms with Crippen LogP contribution in [0.15, 0.2) is 66.7 Å². The molecule has 0 saturated carbocycles. The van der Waals surface area contributed by atoms with Crippen LogP contribution in [0.5, 0.6) is 17.2 Å². The molecular weight excluding hydrogens is 406 g/mol. The lowest BCUT2D eigenvalue weighted by molar-refractivity contribution is 0.171. The van der Waals surface area contributed by atoms with E-state index in [2.05, 4.69) is 21.9 Å². The highest BCUT2D eigenvalue weighted by Gasteiger charge is 2.20. The van der Waals surface area contributed by atoms with Crippen LogP contribution < -0.4 is 19.1 Å². The average Bonchev–Trinajstić information content (AvgIpc) is 2.85. The van der Waals surface area contributed by atoms with Gasteiger partial charge in [0, 0.05) is 44.5 Å². The van der Waals surface area contributed by atoms with Crippen molar-refractivity contribution in [1.29, 1.82) is 0 Å². The first-order valence-electron chi connectivity index (χ1n) is 11.1. The molecule has 5 rings (SSSR count). The normalized spacial score (nSPS) is 16.1. The Morgan fingerprint density at radius 2 is 1.56 bits per heavy atom.